The lowest BCUT2D eigenvalue weighted by molar-refractivity contribution is -0.137. The van der Waals surface area contributed by atoms with Crippen LogP contribution in [0.5, 0.6) is 5.75 Å². The molecular weight excluding hydrogens is 397 g/mol. The quantitative estimate of drug-likeness (QED) is 0.553. The van der Waals surface area contributed by atoms with Gasteiger partial charge < -0.3 is 14.7 Å². The van der Waals surface area contributed by atoms with E-state index in [1.54, 1.807) is 36.4 Å². The molecule has 0 atom stereocenters. The molecule has 6 heteroatoms. The fraction of sp³-hybridized carbons (Fsp3) is 0.200. The topological polar surface area (TPSA) is 66.8 Å². The molecule has 0 aliphatic carbocycles. The van der Waals surface area contributed by atoms with Crippen LogP contribution in [0.2, 0.25) is 0 Å². The second-order valence-electron chi connectivity index (χ2n) is 7.30. The molecule has 0 saturated carbocycles. The Morgan fingerprint density at radius 3 is 2.42 bits per heavy atom. The monoisotopic (exact) mass is 421 g/mol. The molecule has 3 aromatic rings. The predicted molar refractivity (Wildman–Crippen MR) is 116 cm³/mol. The molecule has 31 heavy (non-hydrogen) atoms. The van der Waals surface area contributed by atoms with E-state index in [1.165, 1.54) is 17.0 Å². The van der Waals surface area contributed by atoms with Gasteiger partial charge in [0.1, 0.15) is 24.7 Å². The summed E-state index contributed by atoms with van der Waals surface area (Å²) < 4.78 is 18.7. The standard InChI is InChI=1S/C25H24FNO4/c1-18-4-2-5-19(14-18)12-13-27(16-24(28)29)25(30)21-6-3-7-23(15-21)31-17-20-8-10-22(26)11-9-20/h2-11,14-15H,12-13,16-17H2,1H3,(H,28,29). The highest BCUT2D eigenvalue weighted by atomic mass is 19.1. The minimum Gasteiger partial charge on any atom is -0.489 e. The zero-order chi connectivity index (χ0) is 22.2. The minimum absolute atomic E-state index is 0.226. The van der Waals surface area contributed by atoms with Crippen LogP contribution in [0.25, 0.3) is 0 Å². The Labute approximate surface area is 180 Å². The van der Waals surface area contributed by atoms with Crippen LogP contribution < -0.4 is 4.74 Å². The van der Waals surface area contributed by atoms with E-state index in [0.29, 0.717) is 17.7 Å². The van der Waals surface area contributed by atoms with Crippen molar-refractivity contribution in [1.29, 1.82) is 0 Å². The third-order valence-corrected chi connectivity index (χ3v) is 4.77. The second-order valence-corrected chi connectivity index (χ2v) is 7.30. The Morgan fingerprint density at radius 1 is 0.968 bits per heavy atom. The van der Waals surface area contributed by atoms with E-state index < -0.39 is 5.97 Å². The van der Waals surface area contributed by atoms with Crippen LogP contribution in [0.3, 0.4) is 0 Å². The van der Waals surface area contributed by atoms with Gasteiger partial charge >= 0.3 is 5.97 Å². The van der Waals surface area contributed by atoms with E-state index in [1.807, 2.05) is 31.2 Å². The van der Waals surface area contributed by atoms with Crippen molar-refractivity contribution >= 4 is 11.9 Å². The number of benzene rings is 3. The highest BCUT2D eigenvalue weighted by molar-refractivity contribution is 5.96. The maximum Gasteiger partial charge on any atom is 0.323 e. The molecule has 0 fully saturated rings. The van der Waals surface area contributed by atoms with Crippen LogP contribution in [0, 0.1) is 12.7 Å². The molecule has 0 heterocycles. The summed E-state index contributed by atoms with van der Waals surface area (Å²) >= 11 is 0. The maximum atomic E-state index is 13.0. The number of nitrogens with zero attached hydrogens (tertiary/aromatic N) is 1. The van der Waals surface area contributed by atoms with Crippen molar-refractivity contribution < 1.29 is 23.8 Å². The molecular formula is C25H24FNO4. The summed E-state index contributed by atoms with van der Waals surface area (Å²) in [5, 5.41) is 9.26. The summed E-state index contributed by atoms with van der Waals surface area (Å²) in [4.78, 5) is 25.6. The number of hydrogen-bond acceptors (Lipinski definition) is 3. The van der Waals surface area contributed by atoms with Crippen molar-refractivity contribution in [2.24, 2.45) is 0 Å². The van der Waals surface area contributed by atoms with Crippen molar-refractivity contribution in [3.05, 3.63) is 101 Å². The first-order chi connectivity index (χ1) is 14.9. The minimum atomic E-state index is -1.07. The Hall–Kier alpha value is -3.67. The van der Waals surface area contributed by atoms with Gasteiger partial charge in [-0.15, -0.1) is 0 Å². The van der Waals surface area contributed by atoms with E-state index >= 15 is 0 Å². The van der Waals surface area contributed by atoms with Gasteiger partial charge in [0.2, 0.25) is 0 Å². The normalized spacial score (nSPS) is 10.5. The van der Waals surface area contributed by atoms with Crippen molar-refractivity contribution in [3.8, 4) is 5.75 Å². The number of halogens is 1. The predicted octanol–water partition coefficient (Wildman–Crippen LogP) is 4.48. The van der Waals surface area contributed by atoms with Crippen LogP contribution in [0.4, 0.5) is 4.39 Å². The number of carboxylic acids is 1. The van der Waals surface area contributed by atoms with Gasteiger partial charge in [0.25, 0.3) is 5.91 Å². The molecule has 0 spiro atoms. The zero-order valence-corrected chi connectivity index (χ0v) is 17.3. The molecule has 0 aromatic heterocycles. The van der Waals surface area contributed by atoms with E-state index in [9.17, 15) is 19.1 Å². The lowest BCUT2D eigenvalue weighted by Crippen LogP contribution is -2.37. The lowest BCUT2D eigenvalue weighted by Gasteiger charge is -2.21. The van der Waals surface area contributed by atoms with Gasteiger partial charge in [-0.05, 0) is 54.8 Å². The molecule has 0 unspecified atom stereocenters. The summed E-state index contributed by atoms with van der Waals surface area (Å²) in [6.45, 7) is 2.12. The average Bonchev–Trinajstić information content (AvgIpc) is 2.76. The van der Waals surface area contributed by atoms with Crippen molar-refractivity contribution in [2.45, 2.75) is 20.0 Å². The highest BCUT2D eigenvalue weighted by Gasteiger charge is 2.19. The first kappa shape index (κ1) is 22.0. The largest absolute Gasteiger partial charge is 0.489 e. The molecule has 3 aromatic carbocycles. The number of hydrogen-bond donors (Lipinski definition) is 1. The van der Waals surface area contributed by atoms with Gasteiger partial charge in [-0.3, -0.25) is 9.59 Å². The Kier molecular flexibility index (Phi) is 7.38. The summed E-state index contributed by atoms with van der Waals surface area (Å²) in [5.41, 5.74) is 3.30. The van der Waals surface area contributed by atoms with Crippen LogP contribution in [0.1, 0.15) is 27.0 Å². The summed E-state index contributed by atoms with van der Waals surface area (Å²) in [5.74, 6) is -1.28. The summed E-state index contributed by atoms with van der Waals surface area (Å²) in [6, 6.07) is 20.5. The van der Waals surface area contributed by atoms with Gasteiger partial charge in [0.15, 0.2) is 0 Å². The molecule has 0 radical (unpaired) electrons. The number of aryl methyl sites for hydroxylation is 1. The Balaban J connectivity index is 1.68. The van der Waals surface area contributed by atoms with Crippen molar-refractivity contribution in [3.63, 3.8) is 0 Å². The van der Waals surface area contributed by atoms with E-state index in [-0.39, 0.29) is 31.4 Å². The number of rotatable bonds is 9. The second kappa shape index (κ2) is 10.4. The van der Waals surface area contributed by atoms with Crippen LogP contribution in [-0.4, -0.2) is 35.0 Å². The molecule has 3 rings (SSSR count). The molecule has 1 amide bonds. The smallest absolute Gasteiger partial charge is 0.323 e. The van der Waals surface area contributed by atoms with Crippen molar-refractivity contribution in [2.75, 3.05) is 13.1 Å². The van der Waals surface area contributed by atoms with Crippen LogP contribution in [-0.2, 0) is 17.8 Å². The molecule has 0 saturated heterocycles. The molecule has 5 nitrogen and oxygen atoms in total. The van der Waals surface area contributed by atoms with Gasteiger partial charge in [-0.25, -0.2) is 4.39 Å². The average molecular weight is 421 g/mol. The number of carboxylic acid groups (broad SMARTS) is 1. The molecule has 1 N–H and O–H groups in total. The van der Waals surface area contributed by atoms with E-state index in [0.717, 1.165) is 16.7 Å². The van der Waals surface area contributed by atoms with Crippen LogP contribution in [0.15, 0.2) is 72.8 Å². The van der Waals surface area contributed by atoms with E-state index in [2.05, 4.69) is 0 Å². The fourth-order valence-corrected chi connectivity index (χ4v) is 3.20. The van der Waals surface area contributed by atoms with Gasteiger partial charge in [0, 0.05) is 12.1 Å². The molecule has 0 bridgehead atoms. The number of carbonyl (C=O) groups is 2. The maximum absolute atomic E-state index is 13.0. The number of amides is 1. The summed E-state index contributed by atoms with van der Waals surface area (Å²) in [7, 11) is 0. The van der Waals surface area contributed by atoms with Gasteiger partial charge in [0.05, 0.1) is 0 Å². The number of aliphatic carboxylic acids is 1. The third kappa shape index (κ3) is 6.67. The molecule has 160 valence electrons. The van der Waals surface area contributed by atoms with Gasteiger partial charge in [-0.2, -0.15) is 0 Å². The van der Waals surface area contributed by atoms with Crippen molar-refractivity contribution in [1.82, 2.24) is 4.90 Å². The van der Waals surface area contributed by atoms with Crippen LogP contribution >= 0.6 is 0 Å². The molecule has 0 aliphatic heterocycles. The zero-order valence-electron chi connectivity index (χ0n) is 17.3. The first-order valence-corrected chi connectivity index (χ1v) is 9.94. The van der Waals surface area contributed by atoms with Gasteiger partial charge in [-0.1, -0.05) is 48.0 Å². The Morgan fingerprint density at radius 2 is 1.71 bits per heavy atom. The third-order valence-electron chi connectivity index (χ3n) is 4.77. The number of carbonyl (C=O) groups excluding carboxylic acids is 1. The fourth-order valence-electron chi connectivity index (χ4n) is 3.20. The Bertz CT molecular complexity index is 1050. The SMILES string of the molecule is Cc1cccc(CCN(CC(=O)O)C(=O)c2cccc(OCc3ccc(F)cc3)c2)c1. The number of ether oxygens (including phenoxy) is 1. The highest BCUT2D eigenvalue weighted by Crippen LogP contribution is 2.17. The van der Waals surface area contributed by atoms with E-state index in [4.69, 9.17) is 4.74 Å². The first-order valence-electron chi connectivity index (χ1n) is 9.94. The molecule has 0 aliphatic rings. The lowest BCUT2D eigenvalue weighted by atomic mass is 10.1. The summed E-state index contributed by atoms with van der Waals surface area (Å²) in [6.07, 6.45) is 0.557.